The van der Waals surface area contributed by atoms with Crippen LogP contribution in [0.1, 0.15) is 34.9 Å². The van der Waals surface area contributed by atoms with Crippen LogP contribution in [0, 0.1) is 0 Å². The molecule has 0 atom stereocenters. The summed E-state index contributed by atoms with van der Waals surface area (Å²) in [5.74, 6) is 1.57. The van der Waals surface area contributed by atoms with Crippen LogP contribution in [0.3, 0.4) is 0 Å². The van der Waals surface area contributed by atoms with Crippen LogP contribution in [-0.4, -0.2) is 4.57 Å². The Hall–Kier alpha value is -9.06. The average molecular weight is 893 g/mol. The average Bonchev–Trinajstić information content (AvgIpc) is 3.97. The molecule has 0 unspecified atom stereocenters. The quantitative estimate of drug-likeness (QED) is 0.0795. The van der Waals surface area contributed by atoms with Gasteiger partial charge in [0, 0.05) is 51.7 Å². The van der Waals surface area contributed by atoms with Gasteiger partial charge in [0.1, 0.15) is 11.5 Å². The molecule has 3 N–H and O–H groups in total. The van der Waals surface area contributed by atoms with Gasteiger partial charge in [-0.3, -0.25) is 0 Å². The van der Waals surface area contributed by atoms with Crippen molar-refractivity contribution in [3.05, 3.63) is 271 Å². The van der Waals surface area contributed by atoms with E-state index in [2.05, 4.69) is 222 Å². The Labute approximate surface area is 404 Å². The van der Waals surface area contributed by atoms with Gasteiger partial charge >= 0.3 is 0 Å². The third-order valence-electron chi connectivity index (χ3n) is 12.4. The molecule has 5 nitrogen and oxygen atoms in total. The number of rotatable bonds is 15. The highest BCUT2D eigenvalue weighted by molar-refractivity contribution is 6.10. The van der Waals surface area contributed by atoms with Crippen molar-refractivity contribution in [2.75, 3.05) is 16.0 Å². The van der Waals surface area contributed by atoms with Crippen LogP contribution in [0.5, 0.6) is 0 Å². The summed E-state index contributed by atoms with van der Waals surface area (Å²) in [6.07, 6.45) is 16.3. The molecule has 0 saturated carbocycles. The third kappa shape index (κ3) is 9.62. The molecule has 69 heavy (non-hydrogen) atoms. The van der Waals surface area contributed by atoms with Gasteiger partial charge in [-0.2, -0.15) is 0 Å². The third-order valence-corrected chi connectivity index (χ3v) is 12.4. The number of nitrogens with two attached hydrogens (primary N) is 1. The zero-order valence-corrected chi connectivity index (χ0v) is 38.5. The van der Waals surface area contributed by atoms with E-state index < -0.39 is 0 Å². The Balaban J connectivity index is 0.914. The van der Waals surface area contributed by atoms with Gasteiger partial charge in [-0.1, -0.05) is 158 Å². The number of fused-ring (bicyclic) bond motifs is 3. The second-order valence-electron chi connectivity index (χ2n) is 16.9. The van der Waals surface area contributed by atoms with E-state index in [1.165, 1.54) is 38.5 Å². The van der Waals surface area contributed by atoms with Crippen molar-refractivity contribution in [3.63, 3.8) is 0 Å². The van der Waals surface area contributed by atoms with Gasteiger partial charge in [-0.05, 0) is 137 Å². The summed E-state index contributed by atoms with van der Waals surface area (Å²) in [4.78, 5) is 2.26. The van der Waals surface area contributed by atoms with E-state index in [-0.39, 0.29) is 0 Å². The minimum absolute atomic E-state index is 0.663. The number of aromatic nitrogens is 1. The monoisotopic (exact) mass is 892 g/mol. The first-order valence-electron chi connectivity index (χ1n) is 23.3. The van der Waals surface area contributed by atoms with Crippen molar-refractivity contribution in [1.82, 2.24) is 4.57 Å². The summed E-state index contributed by atoms with van der Waals surface area (Å²) in [5.41, 5.74) is 22.7. The molecule has 0 spiro atoms. The molecule has 0 aliphatic heterocycles. The SMILES string of the molecule is C=Cc1oc(-c2ccc(N/C=C/C=C(\C=C/c3ccc(-c4ccc5c(c4)c4ccccc4n5-c4ccccc4)cc3)c3ccc(CN(c4ccccc4)c4ccccc4N)cc3)cc2)cc1/C=C\C. The van der Waals surface area contributed by atoms with Crippen LogP contribution in [0.4, 0.5) is 22.7 Å². The number of nitrogen functional groups attached to an aromatic ring is 1. The zero-order valence-electron chi connectivity index (χ0n) is 38.5. The molecule has 0 amide bonds. The Morgan fingerprint density at radius 2 is 1.33 bits per heavy atom. The lowest BCUT2D eigenvalue weighted by Gasteiger charge is -2.26. The van der Waals surface area contributed by atoms with Crippen molar-refractivity contribution in [3.8, 4) is 28.1 Å². The second kappa shape index (κ2) is 20.2. The fourth-order valence-corrected chi connectivity index (χ4v) is 8.93. The Morgan fingerprint density at radius 1 is 0.652 bits per heavy atom. The number of para-hydroxylation sites is 5. The Morgan fingerprint density at radius 3 is 2.09 bits per heavy atom. The lowest BCUT2D eigenvalue weighted by atomic mass is 9.99. The van der Waals surface area contributed by atoms with Gasteiger partial charge in [0.15, 0.2) is 0 Å². The summed E-state index contributed by atoms with van der Waals surface area (Å²) in [5, 5.41) is 5.93. The summed E-state index contributed by atoms with van der Waals surface area (Å²) in [7, 11) is 0. The molecule has 0 radical (unpaired) electrons. The van der Waals surface area contributed by atoms with Crippen molar-refractivity contribution < 1.29 is 4.42 Å². The normalized spacial score (nSPS) is 11.9. The van der Waals surface area contributed by atoms with E-state index in [4.69, 9.17) is 10.2 Å². The van der Waals surface area contributed by atoms with E-state index in [1.54, 1.807) is 6.08 Å². The van der Waals surface area contributed by atoms with E-state index in [9.17, 15) is 0 Å². The maximum atomic E-state index is 6.52. The predicted molar refractivity (Wildman–Crippen MR) is 295 cm³/mol. The molecule has 10 aromatic rings. The number of anilines is 4. The largest absolute Gasteiger partial charge is 0.456 e. The zero-order chi connectivity index (χ0) is 46.9. The van der Waals surface area contributed by atoms with Gasteiger partial charge < -0.3 is 24.9 Å². The lowest BCUT2D eigenvalue weighted by molar-refractivity contribution is 0.571. The number of hydrogen-bond acceptors (Lipinski definition) is 4. The fraction of sp³-hybridized carbons (Fsp3) is 0.0312. The number of furan rings is 1. The van der Waals surface area contributed by atoms with Crippen LogP contribution in [0.25, 0.3) is 73.7 Å². The molecule has 0 fully saturated rings. The lowest BCUT2D eigenvalue weighted by Crippen LogP contribution is -2.17. The van der Waals surface area contributed by atoms with Crippen molar-refractivity contribution >= 4 is 68.4 Å². The second-order valence-corrected chi connectivity index (χ2v) is 16.9. The first-order chi connectivity index (χ1) is 34.0. The Kier molecular flexibility index (Phi) is 12.8. The van der Waals surface area contributed by atoms with Gasteiger partial charge in [-0.15, -0.1) is 0 Å². The summed E-state index contributed by atoms with van der Waals surface area (Å²) < 4.78 is 8.43. The molecule has 5 heteroatoms. The van der Waals surface area contributed by atoms with E-state index in [0.717, 1.165) is 67.8 Å². The highest BCUT2D eigenvalue weighted by Crippen LogP contribution is 2.36. The maximum absolute atomic E-state index is 6.52. The summed E-state index contributed by atoms with van der Waals surface area (Å²) >= 11 is 0. The minimum atomic E-state index is 0.663. The van der Waals surface area contributed by atoms with E-state index >= 15 is 0 Å². The number of nitrogens with zero attached hydrogens (tertiary/aromatic N) is 2. The molecule has 0 aliphatic rings. The summed E-state index contributed by atoms with van der Waals surface area (Å²) in [6.45, 7) is 6.57. The van der Waals surface area contributed by atoms with Crippen molar-refractivity contribution in [2.45, 2.75) is 13.5 Å². The standard InChI is InChI=1S/C64H52N4O/c1-3-16-53-44-64(69-63(53)4-2)51-36-39-54(40-37-51)66-42-15-17-48(49-34-29-47(30-35-49)45-67(55-18-7-5-8-19-55)62-25-14-12-23-59(62)65)31-26-46-27-32-50(33-28-46)52-38-41-61-58(43-52)57-22-11-13-24-60(57)68(61)56-20-9-6-10-21-56/h3-44,66H,2,45,65H2,1H3/b16-3-,31-26-,42-15+,48-17+. The van der Waals surface area contributed by atoms with Crippen LogP contribution in [0.2, 0.25) is 0 Å². The highest BCUT2D eigenvalue weighted by atomic mass is 16.3. The molecule has 0 aliphatic carbocycles. The Bertz CT molecular complexity index is 3500. The number of hydrogen-bond donors (Lipinski definition) is 2. The topological polar surface area (TPSA) is 59.4 Å². The van der Waals surface area contributed by atoms with E-state index in [1.807, 2.05) is 55.6 Å². The van der Waals surface area contributed by atoms with Gasteiger partial charge in [0.05, 0.1) is 22.4 Å². The predicted octanol–water partition coefficient (Wildman–Crippen LogP) is 17.0. The molecule has 0 saturated heterocycles. The summed E-state index contributed by atoms with van der Waals surface area (Å²) in [6, 6.07) is 72.4. The molecular weight excluding hydrogens is 841 g/mol. The molecule has 334 valence electrons. The number of allylic oxidation sites excluding steroid dienone is 5. The van der Waals surface area contributed by atoms with E-state index in [0.29, 0.717) is 6.54 Å². The van der Waals surface area contributed by atoms with Crippen molar-refractivity contribution in [1.29, 1.82) is 0 Å². The molecule has 10 rings (SSSR count). The molecule has 2 aromatic heterocycles. The maximum Gasteiger partial charge on any atom is 0.135 e. The van der Waals surface area contributed by atoms with Crippen molar-refractivity contribution in [2.24, 2.45) is 0 Å². The van der Waals surface area contributed by atoms with Crippen LogP contribution < -0.4 is 16.0 Å². The van der Waals surface area contributed by atoms with Gasteiger partial charge in [0.2, 0.25) is 0 Å². The first kappa shape index (κ1) is 43.8. The van der Waals surface area contributed by atoms with Gasteiger partial charge in [0.25, 0.3) is 0 Å². The first-order valence-corrected chi connectivity index (χ1v) is 23.3. The minimum Gasteiger partial charge on any atom is -0.456 e. The van der Waals surface area contributed by atoms with Crippen LogP contribution in [-0.2, 0) is 6.54 Å². The highest BCUT2D eigenvalue weighted by Gasteiger charge is 2.15. The smallest absolute Gasteiger partial charge is 0.135 e. The number of benzene rings is 8. The van der Waals surface area contributed by atoms with Crippen LogP contribution in [0.15, 0.2) is 248 Å². The fourth-order valence-electron chi connectivity index (χ4n) is 8.93. The molecule has 0 bridgehead atoms. The molecule has 8 aromatic carbocycles. The van der Waals surface area contributed by atoms with Gasteiger partial charge in [-0.25, -0.2) is 0 Å². The molecule has 2 heterocycles. The number of nitrogens with one attached hydrogen (secondary N) is 1. The molecular formula is C64H52N4O. The van der Waals surface area contributed by atoms with Crippen LogP contribution >= 0.6 is 0 Å².